The molecular formula is C21H21BrIN3O8. The highest BCUT2D eigenvalue weighted by atomic mass is 127. The number of carbonyl (C=O) groups is 3. The monoisotopic (exact) mass is 649 g/mol. The molecule has 0 spiro atoms. The lowest BCUT2D eigenvalue weighted by molar-refractivity contribution is -0.153. The summed E-state index contributed by atoms with van der Waals surface area (Å²) in [7, 11) is 1.52. The Labute approximate surface area is 216 Å². The highest BCUT2D eigenvalue weighted by Gasteiger charge is 2.47. The van der Waals surface area contributed by atoms with Gasteiger partial charge in [-0.25, -0.2) is 4.79 Å². The number of nitrogens with one attached hydrogen (secondary N) is 1. The molecule has 182 valence electrons. The first-order valence-corrected chi connectivity index (χ1v) is 11.9. The third-order valence-electron chi connectivity index (χ3n) is 4.78. The molecule has 34 heavy (non-hydrogen) atoms. The number of amides is 1. The summed E-state index contributed by atoms with van der Waals surface area (Å²) in [5.41, 5.74) is -0.382. The minimum Gasteiger partial charge on any atom is -0.497 e. The van der Waals surface area contributed by atoms with Crippen molar-refractivity contribution in [1.29, 1.82) is 0 Å². The van der Waals surface area contributed by atoms with E-state index in [1.54, 1.807) is 24.3 Å². The molecular weight excluding hydrogens is 629 g/mol. The number of aromatic nitrogens is 2. The summed E-state index contributed by atoms with van der Waals surface area (Å²) in [5.74, 6) is -0.863. The normalized spacial score (nSPS) is 21.6. The van der Waals surface area contributed by atoms with Gasteiger partial charge in [0.2, 0.25) is 0 Å². The van der Waals surface area contributed by atoms with Crippen molar-refractivity contribution in [2.24, 2.45) is 0 Å². The summed E-state index contributed by atoms with van der Waals surface area (Å²) in [6.45, 7) is 2.39. The second kappa shape index (κ2) is 11.3. The number of ether oxygens (including phenoxy) is 4. The maximum atomic E-state index is 12.9. The zero-order valence-corrected chi connectivity index (χ0v) is 22.1. The molecule has 1 fully saturated rings. The summed E-state index contributed by atoms with van der Waals surface area (Å²) in [6, 6.07) is 6.44. The highest BCUT2D eigenvalue weighted by Crippen LogP contribution is 2.36. The van der Waals surface area contributed by atoms with Crippen LogP contribution in [-0.2, 0) is 23.8 Å². The van der Waals surface area contributed by atoms with Crippen molar-refractivity contribution >= 4 is 62.2 Å². The molecule has 1 N–H and O–H groups in total. The van der Waals surface area contributed by atoms with E-state index in [-0.39, 0.29) is 12.4 Å². The van der Waals surface area contributed by atoms with Crippen LogP contribution in [0.5, 0.6) is 5.75 Å². The Morgan fingerprint density at radius 2 is 1.88 bits per heavy atom. The number of esters is 2. The Kier molecular flexibility index (Phi) is 8.65. The van der Waals surface area contributed by atoms with Gasteiger partial charge in [-0.05, 0) is 46.9 Å². The van der Waals surface area contributed by atoms with Gasteiger partial charge in [0.05, 0.1) is 15.5 Å². The quantitative estimate of drug-likeness (QED) is 0.272. The van der Waals surface area contributed by atoms with E-state index in [9.17, 15) is 19.2 Å². The van der Waals surface area contributed by atoms with Crippen LogP contribution < -0.4 is 15.7 Å². The van der Waals surface area contributed by atoms with Crippen molar-refractivity contribution in [3.63, 3.8) is 0 Å². The number of nitrogens with zero attached hydrogens (tertiary/aromatic N) is 2. The SMILES string of the molecule is COc1ccc(C(=O)Nc2nc(=O)n([C@@H]3O[C@H](COC(C)=O)[C@H](Br)[C@H]3OC(C)=O)cc2I)cc1. The van der Waals surface area contributed by atoms with Crippen molar-refractivity contribution in [3.05, 3.63) is 50.1 Å². The van der Waals surface area contributed by atoms with E-state index in [0.717, 1.165) is 0 Å². The molecule has 1 saturated heterocycles. The minimum absolute atomic E-state index is 0.0663. The van der Waals surface area contributed by atoms with E-state index < -0.39 is 46.8 Å². The van der Waals surface area contributed by atoms with Crippen LogP contribution in [-0.4, -0.2) is 58.1 Å². The lowest BCUT2D eigenvalue weighted by Crippen LogP contribution is -2.37. The molecule has 4 atom stereocenters. The predicted molar refractivity (Wildman–Crippen MR) is 131 cm³/mol. The van der Waals surface area contributed by atoms with Crippen LogP contribution in [0.4, 0.5) is 5.82 Å². The fourth-order valence-electron chi connectivity index (χ4n) is 3.21. The molecule has 0 unspecified atom stereocenters. The molecule has 0 bridgehead atoms. The third kappa shape index (κ3) is 6.13. The molecule has 2 aromatic rings. The largest absolute Gasteiger partial charge is 0.497 e. The van der Waals surface area contributed by atoms with Gasteiger partial charge in [0, 0.05) is 25.6 Å². The van der Waals surface area contributed by atoms with Gasteiger partial charge in [-0.15, -0.1) is 0 Å². The first-order valence-electron chi connectivity index (χ1n) is 9.95. The summed E-state index contributed by atoms with van der Waals surface area (Å²) in [5, 5.41) is 2.61. The number of benzene rings is 1. The Bertz CT molecular complexity index is 1140. The van der Waals surface area contributed by atoms with Crippen molar-refractivity contribution in [1.82, 2.24) is 9.55 Å². The van der Waals surface area contributed by atoms with Gasteiger partial charge in [0.1, 0.15) is 18.5 Å². The smallest absolute Gasteiger partial charge is 0.351 e. The number of methoxy groups -OCH3 is 1. The number of alkyl halides is 1. The van der Waals surface area contributed by atoms with Gasteiger partial charge in [-0.3, -0.25) is 19.0 Å². The Balaban J connectivity index is 1.85. The Morgan fingerprint density at radius 3 is 2.47 bits per heavy atom. The minimum atomic E-state index is -1.03. The number of halogens is 2. The Morgan fingerprint density at radius 1 is 1.21 bits per heavy atom. The zero-order valence-electron chi connectivity index (χ0n) is 18.3. The molecule has 11 nitrogen and oxygen atoms in total. The molecule has 2 heterocycles. The molecule has 1 aromatic carbocycles. The van der Waals surface area contributed by atoms with Gasteiger partial charge in [0.15, 0.2) is 18.1 Å². The van der Waals surface area contributed by atoms with E-state index in [2.05, 4.69) is 26.2 Å². The maximum Gasteiger partial charge on any atom is 0.351 e. The van der Waals surface area contributed by atoms with Crippen LogP contribution in [0.2, 0.25) is 0 Å². The van der Waals surface area contributed by atoms with Crippen LogP contribution in [0.25, 0.3) is 0 Å². The first-order chi connectivity index (χ1) is 16.1. The van der Waals surface area contributed by atoms with Crippen molar-refractivity contribution < 1.29 is 33.3 Å². The van der Waals surface area contributed by atoms with Gasteiger partial charge < -0.3 is 24.3 Å². The van der Waals surface area contributed by atoms with Crippen LogP contribution in [0, 0.1) is 3.57 Å². The van der Waals surface area contributed by atoms with Gasteiger partial charge in [-0.1, -0.05) is 15.9 Å². The maximum absolute atomic E-state index is 12.9. The fraction of sp³-hybridized carbons (Fsp3) is 0.381. The van der Waals surface area contributed by atoms with E-state index in [1.807, 2.05) is 22.6 Å². The molecule has 3 rings (SSSR count). The van der Waals surface area contributed by atoms with Gasteiger partial charge in [-0.2, -0.15) is 4.98 Å². The lowest BCUT2D eigenvalue weighted by Gasteiger charge is -2.22. The zero-order chi connectivity index (χ0) is 25.0. The summed E-state index contributed by atoms with van der Waals surface area (Å²) in [4.78, 5) is 51.7. The number of rotatable bonds is 7. The van der Waals surface area contributed by atoms with E-state index in [0.29, 0.717) is 14.9 Å². The van der Waals surface area contributed by atoms with E-state index in [4.69, 9.17) is 18.9 Å². The second-order valence-electron chi connectivity index (χ2n) is 7.20. The van der Waals surface area contributed by atoms with Crippen LogP contribution in [0.15, 0.2) is 35.3 Å². The number of hydrogen-bond acceptors (Lipinski definition) is 9. The van der Waals surface area contributed by atoms with Gasteiger partial charge in [0.25, 0.3) is 5.91 Å². The second-order valence-corrected chi connectivity index (χ2v) is 9.42. The standard InChI is InChI=1S/C21H21BrIN3O8/c1-10(27)32-9-15-16(22)17(33-11(2)28)20(34-15)26-8-14(23)18(25-21(26)30)24-19(29)12-4-6-13(31-3)7-5-12/h4-8,15-17,20H,9H2,1-3H3,(H,24,25,29,30)/t15-,16+,17-,20-/m1/s1. The van der Waals surface area contributed by atoms with E-state index in [1.165, 1.54) is 31.7 Å². The third-order valence-corrected chi connectivity index (χ3v) is 6.68. The molecule has 0 aliphatic carbocycles. The molecule has 0 radical (unpaired) electrons. The lowest BCUT2D eigenvalue weighted by atomic mass is 10.2. The molecule has 1 aromatic heterocycles. The van der Waals surface area contributed by atoms with Crippen molar-refractivity contribution in [2.45, 2.75) is 37.1 Å². The number of carbonyl (C=O) groups excluding carboxylic acids is 3. The highest BCUT2D eigenvalue weighted by molar-refractivity contribution is 14.1. The average molecular weight is 650 g/mol. The summed E-state index contributed by atoms with van der Waals surface area (Å²) in [6.07, 6.45) is -1.17. The fourth-order valence-corrected chi connectivity index (χ4v) is 4.41. The molecule has 1 aliphatic rings. The molecule has 1 aliphatic heterocycles. The van der Waals surface area contributed by atoms with Crippen LogP contribution in [0.3, 0.4) is 0 Å². The Hall–Kier alpha value is -2.52. The van der Waals surface area contributed by atoms with Gasteiger partial charge >= 0.3 is 17.6 Å². The molecule has 13 heteroatoms. The van der Waals surface area contributed by atoms with E-state index >= 15 is 0 Å². The topological polar surface area (TPSA) is 135 Å². The first kappa shape index (κ1) is 26.1. The summed E-state index contributed by atoms with van der Waals surface area (Å²) >= 11 is 5.34. The average Bonchev–Trinajstić information content (AvgIpc) is 3.09. The number of hydrogen-bond donors (Lipinski definition) is 1. The molecule has 0 saturated carbocycles. The molecule has 1 amide bonds. The van der Waals surface area contributed by atoms with Crippen LogP contribution in [0.1, 0.15) is 30.4 Å². The summed E-state index contributed by atoms with van der Waals surface area (Å²) < 4.78 is 23.0. The van der Waals surface area contributed by atoms with Crippen LogP contribution >= 0.6 is 38.5 Å². The number of anilines is 1. The van der Waals surface area contributed by atoms with Crippen molar-refractivity contribution in [3.8, 4) is 5.75 Å². The van der Waals surface area contributed by atoms with Crippen molar-refractivity contribution in [2.75, 3.05) is 19.0 Å². The predicted octanol–water partition coefficient (Wildman–Crippen LogP) is 2.26.